The van der Waals surface area contributed by atoms with E-state index in [2.05, 4.69) is 0 Å². The highest BCUT2D eigenvalue weighted by Crippen LogP contribution is 2.23. The topological polar surface area (TPSA) is 38.8 Å². The fourth-order valence-corrected chi connectivity index (χ4v) is 3.41. The fraction of sp³-hybridized carbons (Fsp3) is 0.435. The minimum atomic E-state index is 0.0593. The predicted octanol–water partition coefficient (Wildman–Crippen LogP) is 4.78. The molecule has 1 amide bonds. The molecule has 0 aliphatic carbocycles. The van der Waals surface area contributed by atoms with Gasteiger partial charge in [0.1, 0.15) is 5.75 Å². The predicted molar refractivity (Wildman–Crippen MR) is 108 cm³/mol. The molecular weight excluding hydrogens is 338 g/mol. The molecule has 4 heteroatoms. The van der Waals surface area contributed by atoms with Gasteiger partial charge in [0.05, 0.1) is 12.7 Å². The number of benzene rings is 2. The second kappa shape index (κ2) is 9.56. The highest BCUT2D eigenvalue weighted by Gasteiger charge is 2.17. The van der Waals surface area contributed by atoms with Crippen molar-refractivity contribution in [3.63, 3.8) is 0 Å². The summed E-state index contributed by atoms with van der Waals surface area (Å²) in [4.78, 5) is 14.4. The van der Waals surface area contributed by atoms with Crippen LogP contribution in [0.2, 0.25) is 0 Å². The van der Waals surface area contributed by atoms with E-state index < -0.39 is 0 Å². The molecule has 1 saturated heterocycles. The number of rotatable bonds is 7. The zero-order chi connectivity index (χ0) is 19.1. The quantitative estimate of drug-likeness (QED) is 0.707. The van der Waals surface area contributed by atoms with Crippen molar-refractivity contribution in [3.05, 3.63) is 54.1 Å². The van der Waals surface area contributed by atoms with Crippen LogP contribution in [0.5, 0.6) is 5.75 Å². The van der Waals surface area contributed by atoms with Crippen molar-refractivity contribution in [2.75, 3.05) is 26.8 Å². The molecule has 0 radical (unpaired) electrons. The third-order valence-electron chi connectivity index (χ3n) is 5.04. The maximum absolute atomic E-state index is 12.7. The molecule has 1 fully saturated rings. The Morgan fingerprint density at radius 1 is 1.07 bits per heavy atom. The lowest BCUT2D eigenvalue weighted by Gasteiger charge is -2.25. The molecule has 0 spiro atoms. The summed E-state index contributed by atoms with van der Waals surface area (Å²) in [7, 11) is 1.87. The first kappa shape index (κ1) is 19.4. The minimum absolute atomic E-state index is 0.0593. The maximum atomic E-state index is 12.7. The largest absolute Gasteiger partial charge is 0.494 e. The van der Waals surface area contributed by atoms with Gasteiger partial charge in [0.25, 0.3) is 5.91 Å². The summed E-state index contributed by atoms with van der Waals surface area (Å²) in [6, 6.07) is 15.8. The van der Waals surface area contributed by atoms with Crippen LogP contribution in [0.1, 0.15) is 43.0 Å². The van der Waals surface area contributed by atoms with Crippen molar-refractivity contribution in [2.24, 2.45) is 0 Å². The minimum Gasteiger partial charge on any atom is -0.494 e. The van der Waals surface area contributed by atoms with Gasteiger partial charge in [-0.15, -0.1) is 0 Å². The van der Waals surface area contributed by atoms with Crippen LogP contribution in [-0.4, -0.2) is 43.7 Å². The lowest BCUT2D eigenvalue weighted by molar-refractivity contribution is 0.00709. The molecule has 2 aromatic carbocycles. The van der Waals surface area contributed by atoms with Crippen LogP contribution < -0.4 is 4.74 Å². The van der Waals surface area contributed by atoms with E-state index in [4.69, 9.17) is 9.47 Å². The average molecular weight is 367 g/mol. The van der Waals surface area contributed by atoms with Crippen molar-refractivity contribution in [1.82, 2.24) is 4.90 Å². The molecule has 1 aliphatic heterocycles. The average Bonchev–Trinajstić information content (AvgIpc) is 2.73. The second-order valence-electron chi connectivity index (χ2n) is 7.04. The summed E-state index contributed by atoms with van der Waals surface area (Å²) in [6.07, 6.45) is 4.71. The maximum Gasteiger partial charge on any atom is 0.253 e. The van der Waals surface area contributed by atoms with E-state index >= 15 is 0 Å². The zero-order valence-electron chi connectivity index (χ0n) is 16.3. The number of hydrogen-bond acceptors (Lipinski definition) is 3. The molecule has 0 aromatic heterocycles. The molecule has 27 heavy (non-hydrogen) atoms. The van der Waals surface area contributed by atoms with Crippen LogP contribution in [-0.2, 0) is 4.74 Å². The molecular formula is C23H29NO3. The van der Waals surface area contributed by atoms with Gasteiger partial charge in [-0.05, 0) is 68.0 Å². The Hall–Kier alpha value is -2.33. The van der Waals surface area contributed by atoms with E-state index in [1.807, 2.05) is 62.5 Å². The summed E-state index contributed by atoms with van der Waals surface area (Å²) >= 11 is 0. The van der Waals surface area contributed by atoms with Crippen molar-refractivity contribution in [3.8, 4) is 16.9 Å². The number of ether oxygens (including phenoxy) is 2. The summed E-state index contributed by atoms with van der Waals surface area (Å²) in [6.45, 7) is 4.22. The van der Waals surface area contributed by atoms with Crippen molar-refractivity contribution < 1.29 is 14.3 Å². The Morgan fingerprint density at radius 3 is 2.33 bits per heavy atom. The van der Waals surface area contributed by atoms with E-state index in [-0.39, 0.29) is 5.91 Å². The smallest absolute Gasteiger partial charge is 0.253 e. The van der Waals surface area contributed by atoms with Gasteiger partial charge in [0.15, 0.2) is 0 Å². The highest BCUT2D eigenvalue weighted by molar-refractivity contribution is 5.94. The number of carbonyl (C=O) groups excluding carboxylic acids is 1. The van der Waals surface area contributed by atoms with E-state index in [0.717, 1.165) is 54.9 Å². The third kappa shape index (κ3) is 5.33. The standard InChI is InChI=1S/C23H29NO3/c1-3-26-22-13-11-19(12-14-22)18-7-9-20(10-8-18)23(25)24(2)16-15-21-6-4-5-17-27-21/h7-14,21H,3-6,15-17H2,1-2H3. The van der Waals surface area contributed by atoms with Crippen LogP contribution in [0.3, 0.4) is 0 Å². The molecule has 144 valence electrons. The Kier molecular flexibility index (Phi) is 6.88. The normalized spacial score (nSPS) is 16.7. The van der Waals surface area contributed by atoms with Crippen molar-refractivity contribution in [2.45, 2.75) is 38.7 Å². The van der Waals surface area contributed by atoms with Crippen molar-refractivity contribution >= 4 is 5.91 Å². The summed E-state index contributed by atoms with van der Waals surface area (Å²) < 4.78 is 11.2. The summed E-state index contributed by atoms with van der Waals surface area (Å²) in [5.41, 5.74) is 2.92. The lowest BCUT2D eigenvalue weighted by Crippen LogP contribution is -2.31. The molecule has 1 unspecified atom stereocenters. The van der Waals surface area contributed by atoms with E-state index in [1.165, 1.54) is 6.42 Å². The van der Waals surface area contributed by atoms with E-state index in [1.54, 1.807) is 4.90 Å². The van der Waals surface area contributed by atoms with Crippen LogP contribution in [0, 0.1) is 0 Å². The van der Waals surface area contributed by atoms with Crippen LogP contribution in [0.15, 0.2) is 48.5 Å². The van der Waals surface area contributed by atoms with Crippen molar-refractivity contribution in [1.29, 1.82) is 0 Å². The number of nitrogens with zero attached hydrogens (tertiary/aromatic N) is 1. The van der Waals surface area contributed by atoms with Crippen LogP contribution in [0.25, 0.3) is 11.1 Å². The molecule has 3 rings (SSSR count). The van der Waals surface area contributed by atoms with E-state index in [0.29, 0.717) is 12.7 Å². The number of hydrogen-bond donors (Lipinski definition) is 0. The molecule has 0 N–H and O–H groups in total. The van der Waals surface area contributed by atoms with Gasteiger partial charge in [-0.2, -0.15) is 0 Å². The summed E-state index contributed by atoms with van der Waals surface area (Å²) in [5, 5.41) is 0. The van der Waals surface area contributed by atoms with Crippen LogP contribution in [0.4, 0.5) is 0 Å². The highest BCUT2D eigenvalue weighted by atomic mass is 16.5. The lowest BCUT2D eigenvalue weighted by atomic mass is 10.0. The summed E-state index contributed by atoms with van der Waals surface area (Å²) in [5.74, 6) is 0.931. The van der Waals surface area contributed by atoms with Crippen LogP contribution >= 0.6 is 0 Å². The second-order valence-corrected chi connectivity index (χ2v) is 7.04. The molecule has 0 bridgehead atoms. The van der Waals surface area contributed by atoms with Gasteiger partial charge in [0, 0.05) is 25.8 Å². The van der Waals surface area contributed by atoms with Gasteiger partial charge in [-0.25, -0.2) is 0 Å². The monoisotopic (exact) mass is 367 g/mol. The molecule has 1 aliphatic rings. The number of carbonyl (C=O) groups is 1. The Morgan fingerprint density at radius 2 is 1.74 bits per heavy atom. The Balaban J connectivity index is 1.57. The van der Waals surface area contributed by atoms with E-state index in [9.17, 15) is 4.79 Å². The Labute approximate surface area is 162 Å². The Bertz CT molecular complexity index is 718. The first-order valence-corrected chi connectivity index (χ1v) is 9.87. The van der Waals surface area contributed by atoms with Gasteiger partial charge in [-0.3, -0.25) is 4.79 Å². The van der Waals surface area contributed by atoms with Gasteiger partial charge in [0.2, 0.25) is 0 Å². The van der Waals surface area contributed by atoms with Gasteiger partial charge < -0.3 is 14.4 Å². The molecule has 1 heterocycles. The molecule has 4 nitrogen and oxygen atoms in total. The first-order valence-electron chi connectivity index (χ1n) is 9.87. The molecule has 0 saturated carbocycles. The SMILES string of the molecule is CCOc1ccc(-c2ccc(C(=O)N(C)CCC3CCCCO3)cc2)cc1. The zero-order valence-corrected chi connectivity index (χ0v) is 16.3. The van der Waals surface area contributed by atoms with Gasteiger partial charge in [-0.1, -0.05) is 24.3 Å². The third-order valence-corrected chi connectivity index (χ3v) is 5.04. The molecule has 1 atom stereocenters. The fourth-order valence-electron chi connectivity index (χ4n) is 3.41. The first-order chi connectivity index (χ1) is 13.2. The number of amides is 1. The molecule has 2 aromatic rings. The van der Waals surface area contributed by atoms with Gasteiger partial charge >= 0.3 is 0 Å².